The van der Waals surface area contributed by atoms with Gasteiger partial charge in [-0.3, -0.25) is 0 Å². The molecule has 0 heterocycles. The van der Waals surface area contributed by atoms with Gasteiger partial charge in [0.1, 0.15) is 0 Å². The van der Waals surface area contributed by atoms with Crippen molar-refractivity contribution in [2.75, 3.05) is 0 Å². The SMILES string of the molecule is Cc1cc(C)c(CC2CCC/C2=C\C(=O)O)c(C)c1. The van der Waals surface area contributed by atoms with Gasteiger partial charge in [-0.2, -0.15) is 0 Å². The predicted molar refractivity (Wildman–Crippen MR) is 77.4 cm³/mol. The highest BCUT2D eigenvalue weighted by molar-refractivity contribution is 5.80. The predicted octanol–water partition coefficient (Wildman–Crippen LogP) is 3.97. The first-order chi connectivity index (χ1) is 8.97. The summed E-state index contributed by atoms with van der Waals surface area (Å²) < 4.78 is 0. The van der Waals surface area contributed by atoms with Crippen molar-refractivity contribution in [3.63, 3.8) is 0 Å². The summed E-state index contributed by atoms with van der Waals surface area (Å²) in [6.45, 7) is 6.44. The van der Waals surface area contributed by atoms with Crippen LogP contribution in [0.3, 0.4) is 0 Å². The molecule has 1 aliphatic carbocycles. The van der Waals surface area contributed by atoms with Crippen LogP contribution >= 0.6 is 0 Å². The van der Waals surface area contributed by atoms with Gasteiger partial charge in [-0.1, -0.05) is 23.3 Å². The molecule has 2 nitrogen and oxygen atoms in total. The highest BCUT2D eigenvalue weighted by Gasteiger charge is 2.23. The number of aryl methyl sites for hydroxylation is 3. The van der Waals surface area contributed by atoms with Crippen LogP contribution in [-0.2, 0) is 11.2 Å². The number of hydrogen-bond acceptors (Lipinski definition) is 1. The van der Waals surface area contributed by atoms with E-state index in [0.717, 1.165) is 31.3 Å². The average molecular weight is 258 g/mol. The summed E-state index contributed by atoms with van der Waals surface area (Å²) in [4.78, 5) is 10.9. The summed E-state index contributed by atoms with van der Waals surface area (Å²) in [7, 11) is 0. The van der Waals surface area contributed by atoms with Gasteiger partial charge in [-0.15, -0.1) is 0 Å². The molecule has 1 unspecified atom stereocenters. The Balaban J connectivity index is 2.24. The Morgan fingerprint density at radius 1 is 1.32 bits per heavy atom. The van der Waals surface area contributed by atoms with E-state index in [2.05, 4.69) is 32.9 Å². The zero-order valence-corrected chi connectivity index (χ0v) is 12.0. The summed E-state index contributed by atoms with van der Waals surface area (Å²) in [6.07, 6.45) is 5.59. The van der Waals surface area contributed by atoms with Gasteiger partial charge in [0.25, 0.3) is 0 Å². The maximum Gasteiger partial charge on any atom is 0.328 e. The Bertz CT molecular complexity index is 503. The summed E-state index contributed by atoms with van der Waals surface area (Å²) in [6, 6.07) is 4.44. The zero-order chi connectivity index (χ0) is 14.0. The molecule has 19 heavy (non-hydrogen) atoms. The lowest BCUT2D eigenvalue weighted by molar-refractivity contribution is -0.131. The van der Waals surface area contributed by atoms with E-state index >= 15 is 0 Å². The Hall–Kier alpha value is -1.57. The molecule has 0 amide bonds. The third-order valence-electron chi connectivity index (χ3n) is 4.14. The van der Waals surface area contributed by atoms with Crippen LogP contribution in [0.15, 0.2) is 23.8 Å². The minimum Gasteiger partial charge on any atom is -0.478 e. The number of carboxylic acid groups (broad SMARTS) is 1. The lowest BCUT2D eigenvalue weighted by Gasteiger charge is -2.17. The molecule has 1 aliphatic rings. The van der Waals surface area contributed by atoms with E-state index in [0.29, 0.717) is 5.92 Å². The van der Waals surface area contributed by atoms with Crippen molar-refractivity contribution in [2.45, 2.75) is 46.5 Å². The number of rotatable bonds is 3. The van der Waals surface area contributed by atoms with Crippen molar-refractivity contribution >= 4 is 5.97 Å². The Labute approximate surface area is 115 Å². The van der Waals surface area contributed by atoms with Gasteiger partial charge in [-0.05, 0) is 69.1 Å². The van der Waals surface area contributed by atoms with Gasteiger partial charge in [0.05, 0.1) is 0 Å². The Morgan fingerprint density at radius 3 is 2.53 bits per heavy atom. The number of benzene rings is 1. The number of carboxylic acids is 1. The lowest BCUT2D eigenvalue weighted by atomic mass is 9.88. The van der Waals surface area contributed by atoms with E-state index in [1.54, 1.807) is 0 Å². The third-order valence-corrected chi connectivity index (χ3v) is 4.14. The normalized spacial score (nSPS) is 21.0. The Kier molecular flexibility index (Phi) is 4.08. The monoisotopic (exact) mass is 258 g/mol. The molecule has 0 aliphatic heterocycles. The van der Waals surface area contributed by atoms with Crippen molar-refractivity contribution in [2.24, 2.45) is 5.92 Å². The first-order valence-corrected chi connectivity index (χ1v) is 6.97. The molecule has 1 fully saturated rings. The number of carbonyl (C=O) groups is 1. The van der Waals surface area contributed by atoms with Crippen molar-refractivity contribution in [3.8, 4) is 0 Å². The van der Waals surface area contributed by atoms with Crippen molar-refractivity contribution in [1.29, 1.82) is 0 Å². The molecule has 0 spiro atoms. The molecular formula is C17H22O2. The lowest BCUT2D eigenvalue weighted by Crippen LogP contribution is -2.07. The fourth-order valence-corrected chi connectivity index (χ4v) is 3.30. The number of allylic oxidation sites excluding steroid dienone is 1. The third kappa shape index (κ3) is 3.25. The van der Waals surface area contributed by atoms with Crippen LogP contribution < -0.4 is 0 Å². The van der Waals surface area contributed by atoms with Gasteiger partial charge in [0.2, 0.25) is 0 Å². The maximum absolute atomic E-state index is 10.9. The first kappa shape index (κ1) is 13.9. The van der Waals surface area contributed by atoms with Gasteiger partial charge in [0.15, 0.2) is 0 Å². The number of hydrogen-bond donors (Lipinski definition) is 1. The largest absolute Gasteiger partial charge is 0.478 e. The molecular weight excluding hydrogens is 236 g/mol. The van der Waals surface area contributed by atoms with Gasteiger partial charge >= 0.3 is 5.97 Å². The Morgan fingerprint density at radius 2 is 1.95 bits per heavy atom. The molecule has 2 heteroatoms. The van der Waals surface area contributed by atoms with Crippen LogP contribution in [-0.4, -0.2) is 11.1 Å². The van der Waals surface area contributed by atoms with E-state index in [9.17, 15) is 4.79 Å². The second-order valence-electron chi connectivity index (χ2n) is 5.73. The van der Waals surface area contributed by atoms with Crippen LogP contribution in [0.4, 0.5) is 0 Å². The second-order valence-corrected chi connectivity index (χ2v) is 5.73. The van der Waals surface area contributed by atoms with Gasteiger partial charge in [0, 0.05) is 6.08 Å². The average Bonchev–Trinajstić information content (AvgIpc) is 2.70. The molecule has 0 saturated heterocycles. The summed E-state index contributed by atoms with van der Waals surface area (Å²) in [5.41, 5.74) is 6.48. The fraction of sp³-hybridized carbons (Fsp3) is 0.471. The highest BCUT2D eigenvalue weighted by Crippen LogP contribution is 2.35. The molecule has 0 aromatic heterocycles. The molecule has 1 aromatic carbocycles. The summed E-state index contributed by atoms with van der Waals surface area (Å²) in [5, 5.41) is 8.93. The fourth-order valence-electron chi connectivity index (χ4n) is 3.30. The van der Waals surface area contributed by atoms with Crippen LogP contribution in [0.5, 0.6) is 0 Å². The van der Waals surface area contributed by atoms with E-state index in [1.165, 1.54) is 28.3 Å². The highest BCUT2D eigenvalue weighted by atomic mass is 16.4. The smallest absolute Gasteiger partial charge is 0.328 e. The van der Waals surface area contributed by atoms with Crippen LogP contribution in [0.25, 0.3) is 0 Å². The molecule has 1 saturated carbocycles. The van der Waals surface area contributed by atoms with E-state index in [-0.39, 0.29) is 0 Å². The molecule has 102 valence electrons. The molecule has 1 aromatic rings. The first-order valence-electron chi connectivity index (χ1n) is 6.97. The standard InChI is InChI=1S/C17H22O2/c1-11-7-12(2)16(13(3)8-11)9-14-5-4-6-15(14)10-17(18)19/h7-8,10,14H,4-6,9H2,1-3H3,(H,18,19)/b15-10+. The van der Waals surface area contributed by atoms with E-state index < -0.39 is 5.97 Å². The van der Waals surface area contributed by atoms with Crippen LogP contribution in [0, 0.1) is 26.7 Å². The van der Waals surface area contributed by atoms with Crippen molar-refractivity contribution in [3.05, 3.63) is 46.0 Å². The van der Waals surface area contributed by atoms with Crippen molar-refractivity contribution < 1.29 is 9.90 Å². The van der Waals surface area contributed by atoms with Gasteiger partial charge in [-0.25, -0.2) is 4.79 Å². The van der Waals surface area contributed by atoms with E-state index in [1.807, 2.05) is 0 Å². The minimum atomic E-state index is -0.806. The quantitative estimate of drug-likeness (QED) is 0.833. The van der Waals surface area contributed by atoms with E-state index in [4.69, 9.17) is 5.11 Å². The topological polar surface area (TPSA) is 37.3 Å². The zero-order valence-electron chi connectivity index (χ0n) is 12.0. The second kappa shape index (κ2) is 5.60. The maximum atomic E-state index is 10.9. The molecule has 2 rings (SSSR count). The number of aliphatic carboxylic acids is 1. The minimum absolute atomic E-state index is 0.413. The molecule has 1 N–H and O–H groups in total. The van der Waals surface area contributed by atoms with Gasteiger partial charge < -0.3 is 5.11 Å². The van der Waals surface area contributed by atoms with Crippen LogP contribution in [0.1, 0.15) is 41.5 Å². The summed E-state index contributed by atoms with van der Waals surface area (Å²) >= 11 is 0. The summed E-state index contributed by atoms with van der Waals surface area (Å²) in [5.74, 6) is -0.393. The molecule has 0 bridgehead atoms. The molecule has 0 radical (unpaired) electrons. The molecule has 1 atom stereocenters. The van der Waals surface area contributed by atoms with Crippen LogP contribution in [0.2, 0.25) is 0 Å². The van der Waals surface area contributed by atoms with Crippen molar-refractivity contribution in [1.82, 2.24) is 0 Å².